The van der Waals surface area contributed by atoms with Crippen LogP contribution in [0, 0.1) is 6.92 Å². The van der Waals surface area contributed by atoms with Crippen LogP contribution >= 0.6 is 0 Å². The van der Waals surface area contributed by atoms with Gasteiger partial charge in [0.05, 0.1) is 13.0 Å². The molecule has 82 valence electrons. The monoisotopic (exact) mass is 210 g/mol. The first-order valence-corrected chi connectivity index (χ1v) is 4.99. The molecule has 2 nitrogen and oxygen atoms in total. The Kier molecular flexibility index (Phi) is 4.28. The van der Waals surface area contributed by atoms with E-state index in [1.807, 2.05) is 19.1 Å². The van der Waals surface area contributed by atoms with Crippen LogP contribution in [0.2, 0.25) is 0 Å². The van der Waals surface area contributed by atoms with Gasteiger partial charge in [-0.05, 0) is 19.4 Å². The van der Waals surface area contributed by atoms with Crippen LogP contribution in [0.5, 0.6) is 0 Å². The number of carbonyl (C=O) groups excluding carboxylic acids is 1. The maximum absolute atomic E-state index is 13.5. The number of carbonyl (C=O) groups is 1. The largest absolute Gasteiger partial charge is 0.466 e. The molecule has 0 aliphatic carbocycles. The zero-order valence-electron chi connectivity index (χ0n) is 9.00. The Labute approximate surface area is 89.1 Å². The number of ether oxygens (including phenoxy) is 1. The molecule has 0 aliphatic rings. The molecule has 1 rings (SSSR count). The van der Waals surface area contributed by atoms with Crippen molar-refractivity contribution in [3.05, 3.63) is 35.4 Å². The number of alkyl halides is 1. The van der Waals surface area contributed by atoms with Crippen molar-refractivity contribution in [1.29, 1.82) is 0 Å². The molecule has 0 aliphatic heterocycles. The summed E-state index contributed by atoms with van der Waals surface area (Å²) in [6.07, 6.45) is -1.48. The highest BCUT2D eigenvalue weighted by atomic mass is 19.1. The van der Waals surface area contributed by atoms with Gasteiger partial charge in [-0.3, -0.25) is 4.79 Å². The maximum Gasteiger partial charge on any atom is 0.309 e. The smallest absolute Gasteiger partial charge is 0.309 e. The molecule has 0 aromatic heterocycles. The summed E-state index contributed by atoms with van der Waals surface area (Å²) in [5, 5.41) is 0. The second-order valence-corrected chi connectivity index (χ2v) is 3.39. The summed E-state index contributed by atoms with van der Waals surface area (Å²) in [4.78, 5) is 11.0. The average molecular weight is 210 g/mol. The summed E-state index contributed by atoms with van der Waals surface area (Å²) < 4.78 is 18.2. The number of benzene rings is 1. The van der Waals surface area contributed by atoms with E-state index in [0.717, 1.165) is 5.56 Å². The highest BCUT2D eigenvalue weighted by Crippen LogP contribution is 2.21. The predicted molar refractivity (Wildman–Crippen MR) is 56.3 cm³/mol. The van der Waals surface area contributed by atoms with Crippen molar-refractivity contribution in [2.24, 2.45) is 0 Å². The lowest BCUT2D eigenvalue weighted by atomic mass is 10.1. The van der Waals surface area contributed by atoms with Crippen molar-refractivity contribution in [1.82, 2.24) is 0 Å². The van der Waals surface area contributed by atoms with Gasteiger partial charge in [-0.15, -0.1) is 0 Å². The number of rotatable bonds is 4. The third-order valence-electron chi connectivity index (χ3n) is 2.09. The molecular formula is C12H15FO2. The molecule has 0 radical (unpaired) electrons. The van der Waals surface area contributed by atoms with E-state index in [1.54, 1.807) is 19.1 Å². The van der Waals surface area contributed by atoms with Gasteiger partial charge >= 0.3 is 5.97 Å². The molecule has 0 saturated heterocycles. The third-order valence-corrected chi connectivity index (χ3v) is 2.09. The van der Waals surface area contributed by atoms with Crippen LogP contribution < -0.4 is 0 Å². The molecule has 0 unspecified atom stereocenters. The normalized spacial score (nSPS) is 12.2. The summed E-state index contributed by atoms with van der Waals surface area (Å²) in [7, 11) is 0. The number of hydrogen-bond donors (Lipinski definition) is 0. The van der Waals surface area contributed by atoms with Crippen molar-refractivity contribution in [2.75, 3.05) is 6.61 Å². The molecule has 0 N–H and O–H groups in total. The van der Waals surface area contributed by atoms with Crippen molar-refractivity contribution < 1.29 is 13.9 Å². The van der Waals surface area contributed by atoms with E-state index in [1.165, 1.54) is 0 Å². The standard InChI is InChI=1S/C12H15FO2/c1-3-15-12(14)8-11(13)10-6-4-9(2)5-7-10/h4-7,11H,3,8H2,1-2H3/t11-/m0/s1. The van der Waals surface area contributed by atoms with Crippen molar-refractivity contribution in [2.45, 2.75) is 26.4 Å². The molecule has 1 aromatic rings. The van der Waals surface area contributed by atoms with Crippen molar-refractivity contribution in [3.63, 3.8) is 0 Å². The minimum atomic E-state index is -1.27. The zero-order valence-corrected chi connectivity index (χ0v) is 9.00. The molecule has 1 aromatic carbocycles. The van der Waals surface area contributed by atoms with E-state index in [0.29, 0.717) is 12.2 Å². The van der Waals surface area contributed by atoms with Gasteiger partial charge in [-0.25, -0.2) is 4.39 Å². The first-order chi connectivity index (χ1) is 7.13. The van der Waals surface area contributed by atoms with E-state index in [4.69, 9.17) is 0 Å². The molecule has 3 heteroatoms. The van der Waals surface area contributed by atoms with E-state index < -0.39 is 12.1 Å². The SMILES string of the molecule is CCOC(=O)C[C@H](F)c1ccc(C)cc1. The molecule has 0 fully saturated rings. The highest BCUT2D eigenvalue weighted by Gasteiger charge is 2.15. The fourth-order valence-corrected chi connectivity index (χ4v) is 1.26. The number of halogens is 1. The fraction of sp³-hybridized carbons (Fsp3) is 0.417. The van der Waals surface area contributed by atoms with E-state index in [-0.39, 0.29) is 6.42 Å². The zero-order chi connectivity index (χ0) is 11.3. The molecule has 0 saturated carbocycles. The summed E-state index contributed by atoms with van der Waals surface area (Å²) in [6, 6.07) is 7.04. The van der Waals surface area contributed by atoms with E-state index in [9.17, 15) is 9.18 Å². The van der Waals surface area contributed by atoms with Crippen LogP contribution in [-0.2, 0) is 9.53 Å². The van der Waals surface area contributed by atoms with Crippen LogP contribution in [0.4, 0.5) is 4.39 Å². The number of hydrogen-bond acceptors (Lipinski definition) is 2. The molecule has 0 bridgehead atoms. The maximum atomic E-state index is 13.5. The second kappa shape index (κ2) is 5.49. The quantitative estimate of drug-likeness (QED) is 0.714. The van der Waals surface area contributed by atoms with Gasteiger partial charge in [0.15, 0.2) is 0 Å². The lowest BCUT2D eigenvalue weighted by molar-refractivity contribution is -0.144. The molecule has 1 atom stereocenters. The Bertz CT molecular complexity index is 319. The van der Waals surface area contributed by atoms with Crippen LogP contribution in [0.3, 0.4) is 0 Å². The summed E-state index contributed by atoms with van der Waals surface area (Å²) >= 11 is 0. The Morgan fingerprint density at radius 3 is 2.53 bits per heavy atom. The summed E-state index contributed by atoms with van der Waals surface area (Å²) in [5.74, 6) is -0.495. The van der Waals surface area contributed by atoms with E-state index in [2.05, 4.69) is 4.74 Å². The Hall–Kier alpha value is -1.38. The van der Waals surface area contributed by atoms with Gasteiger partial charge in [0, 0.05) is 0 Å². The van der Waals surface area contributed by atoms with Gasteiger partial charge < -0.3 is 4.74 Å². The van der Waals surface area contributed by atoms with Crippen LogP contribution in [-0.4, -0.2) is 12.6 Å². The van der Waals surface area contributed by atoms with Crippen molar-refractivity contribution >= 4 is 5.97 Å². The molecule has 0 spiro atoms. The Morgan fingerprint density at radius 2 is 2.00 bits per heavy atom. The summed E-state index contributed by atoms with van der Waals surface area (Å²) in [5.41, 5.74) is 1.59. The second-order valence-electron chi connectivity index (χ2n) is 3.39. The Balaban J connectivity index is 2.57. The van der Waals surface area contributed by atoms with Crippen LogP contribution in [0.25, 0.3) is 0 Å². The fourth-order valence-electron chi connectivity index (χ4n) is 1.26. The van der Waals surface area contributed by atoms with Crippen molar-refractivity contribution in [3.8, 4) is 0 Å². The molecular weight excluding hydrogens is 195 g/mol. The van der Waals surface area contributed by atoms with Crippen LogP contribution in [0.15, 0.2) is 24.3 Å². The van der Waals surface area contributed by atoms with Crippen LogP contribution in [0.1, 0.15) is 30.6 Å². The minimum absolute atomic E-state index is 0.211. The lowest BCUT2D eigenvalue weighted by Crippen LogP contribution is -2.07. The minimum Gasteiger partial charge on any atom is -0.466 e. The first kappa shape index (κ1) is 11.7. The van der Waals surface area contributed by atoms with Gasteiger partial charge in [0.1, 0.15) is 6.17 Å². The average Bonchev–Trinajstić information content (AvgIpc) is 2.18. The third kappa shape index (κ3) is 3.70. The number of esters is 1. The van der Waals surface area contributed by atoms with Gasteiger partial charge in [-0.2, -0.15) is 0 Å². The highest BCUT2D eigenvalue weighted by molar-refractivity contribution is 5.70. The topological polar surface area (TPSA) is 26.3 Å². The van der Waals surface area contributed by atoms with Gasteiger partial charge in [0.25, 0.3) is 0 Å². The van der Waals surface area contributed by atoms with Gasteiger partial charge in [0.2, 0.25) is 0 Å². The molecule has 0 amide bonds. The van der Waals surface area contributed by atoms with Gasteiger partial charge in [-0.1, -0.05) is 29.8 Å². The first-order valence-electron chi connectivity index (χ1n) is 4.99. The lowest BCUT2D eigenvalue weighted by Gasteiger charge is -2.08. The molecule has 0 heterocycles. The number of aryl methyl sites for hydroxylation is 1. The molecule has 15 heavy (non-hydrogen) atoms. The van der Waals surface area contributed by atoms with E-state index >= 15 is 0 Å². The summed E-state index contributed by atoms with van der Waals surface area (Å²) in [6.45, 7) is 3.93. The Morgan fingerprint density at radius 1 is 1.40 bits per heavy atom. The predicted octanol–water partition coefficient (Wildman–Crippen LogP) is 2.96.